The number of halogens is 1. The molecule has 2 heteroatoms. The van der Waals surface area contributed by atoms with Gasteiger partial charge in [0.2, 0.25) is 0 Å². The molecule has 0 aliphatic rings. The van der Waals surface area contributed by atoms with E-state index in [9.17, 15) is 0 Å². The molecule has 0 N–H and O–H groups in total. The van der Waals surface area contributed by atoms with Crippen molar-refractivity contribution in [2.24, 2.45) is 0 Å². The average molecular weight is 235 g/mol. The van der Waals surface area contributed by atoms with Crippen molar-refractivity contribution in [1.82, 2.24) is 0 Å². The third kappa shape index (κ3) is 3.72. The molecular formula is C10H21BrN+. The summed E-state index contributed by atoms with van der Waals surface area (Å²) in [4.78, 5) is 0. The first kappa shape index (κ1) is 12.2. The summed E-state index contributed by atoms with van der Waals surface area (Å²) in [7, 11) is 0. The minimum absolute atomic E-state index is 0.976. The number of alkyl halides is 1. The van der Waals surface area contributed by atoms with Crippen LogP contribution in [0.3, 0.4) is 0 Å². The zero-order valence-corrected chi connectivity index (χ0v) is 10.1. The zero-order chi connectivity index (χ0) is 9.45. The van der Waals surface area contributed by atoms with Crippen LogP contribution in [0.2, 0.25) is 0 Å². The summed E-state index contributed by atoms with van der Waals surface area (Å²) in [5.74, 6) is 0. The molecule has 0 aromatic heterocycles. The molecule has 0 saturated carbocycles. The number of hydrogen-bond acceptors (Lipinski definition) is 0. The molecular weight excluding hydrogens is 214 g/mol. The third-order valence-corrected chi connectivity index (χ3v) is 3.13. The summed E-state index contributed by atoms with van der Waals surface area (Å²) in [5, 5.41) is 0.976. The summed E-state index contributed by atoms with van der Waals surface area (Å²) >= 11 is 3.39. The van der Waals surface area contributed by atoms with Crippen molar-refractivity contribution in [3.8, 4) is 0 Å². The molecule has 0 unspecified atom stereocenters. The van der Waals surface area contributed by atoms with Crippen molar-refractivity contribution in [1.29, 1.82) is 0 Å². The molecule has 0 aliphatic heterocycles. The Morgan fingerprint density at radius 3 is 1.83 bits per heavy atom. The van der Waals surface area contributed by atoms with Gasteiger partial charge in [-0.25, -0.2) is 0 Å². The van der Waals surface area contributed by atoms with Gasteiger partial charge in [0.25, 0.3) is 0 Å². The molecule has 0 fully saturated rings. The molecule has 0 saturated heterocycles. The van der Waals surface area contributed by atoms with Crippen LogP contribution in [-0.4, -0.2) is 36.0 Å². The van der Waals surface area contributed by atoms with E-state index in [1.54, 1.807) is 0 Å². The minimum Gasteiger partial charge on any atom is -0.321 e. The zero-order valence-electron chi connectivity index (χ0n) is 8.52. The van der Waals surface area contributed by atoms with Crippen LogP contribution in [-0.2, 0) is 0 Å². The fourth-order valence-electron chi connectivity index (χ4n) is 1.42. The van der Waals surface area contributed by atoms with Crippen LogP contribution >= 0.6 is 15.9 Å². The maximum Gasteiger partial charge on any atom is 0.0973 e. The number of hydrogen-bond donors (Lipinski definition) is 0. The Morgan fingerprint density at radius 1 is 1.00 bits per heavy atom. The van der Waals surface area contributed by atoms with E-state index < -0.39 is 0 Å². The van der Waals surface area contributed by atoms with E-state index in [4.69, 9.17) is 0 Å². The van der Waals surface area contributed by atoms with Gasteiger partial charge in [-0.3, -0.25) is 0 Å². The van der Waals surface area contributed by atoms with Crippen LogP contribution in [0.1, 0.15) is 20.8 Å². The number of rotatable bonds is 6. The van der Waals surface area contributed by atoms with Gasteiger partial charge in [-0.15, -0.1) is 0 Å². The standard InChI is InChI=1S/C10H21BrN/c1-4-12(5-2,6-3)10-8-7-9-11/h7-8H,4-6,9-10H2,1-3H3/q+1/b8-7+. The normalized spacial score (nSPS) is 12.7. The van der Waals surface area contributed by atoms with Crippen molar-refractivity contribution in [2.45, 2.75) is 20.8 Å². The second-order valence-corrected chi connectivity index (χ2v) is 3.75. The number of nitrogens with zero attached hydrogens (tertiary/aromatic N) is 1. The maximum absolute atomic E-state index is 3.39. The van der Waals surface area contributed by atoms with Gasteiger partial charge in [0.15, 0.2) is 0 Å². The Morgan fingerprint density at radius 2 is 1.50 bits per heavy atom. The van der Waals surface area contributed by atoms with Crippen LogP contribution in [0, 0.1) is 0 Å². The quantitative estimate of drug-likeness (QED) is 0.377. The molecule has 0 spiro atoms. The molecule has 72 valence electrons. The van der Waals surface area contributed by atoms with E-state index in [-0.39, 0.29) is 0 Å². The van der Waals surface area contributed by atoms with Gasteiger partial charge in [0.1, 0.15) is 0 Å². The highest BCUT2D eigenvalue weighted by Gasteiger charge is 2.17. The van der Waals surface area contributed by atoms with Gasteiger partial charge in [0, 0.05) is 5.33 Å². The molecule has 0 amide bonds. The molecule has 0 heterocycles. The molecule has 12 heavy (non-hydrogen) atoms. The molecule has 0 aromatic rings. The summed E-state index contributed by atoms with van der Waals surface area (Å²) in [6, 6.07) is 0. The van der Waals surface area contributed by atoms with Gasteiger partial charge >= 0.3 is 0 Å². The molecule has 1 nitrogen and oxygen atoms in total. The first-order chi connectivity index (χ1) is 5.74. The highest BCUT2D eigenvalue weighted by molar-refractivity contribution is 9.09. The summed E-state index contributed by atoms with van der Waals surface area (Å²) in [5.41, 5.74) is 0. The van der Waals surface area contributed by atoms with Crippen molar-refractivity contribution in [2.75, 3.05) is 31.5 Å². The topological polar surface area (TPSA) is 0 Å². The van der Waals surface area contributed by atoms with Crippen LogP contribution < -0.4 is 0 Å². The predicted octanol–water partition coefficient (Wildman–Crippen LogP) is 2.81. The molecule has 0 aliphatic carbocycles. The van der Waals surface area contributed by atoms with E-state index in [1.807, 2.05) is 0 Å². The molecule has 0 atom stereocenters. The van der Waals surface area contributed by atoms with E-state index in [1.165, 1.54) is 30.7 Å². The van der Waals surface area contributed by atoms with Crippen molar-refractivity contribution >= 4 is 15.9 Å². The fourth-order valence-corrected chi connectivity index (χ4v) is 1.68. The Hall–Kier alpha value is 0.180. The van der Waals surface area contributed by atoms with Gasteiger partial charge in [-0.1, -0.05) is 22.0 Å². The second-order valence-electron chi connectivity index (χ2n) is 3.10. The monoisotopic (exact) mass is 234 g/mol. The van der Waals surface area contributed by atoms with Crippen molar-refractivity contribution < 1.29 is 4.48 Å². The molecule has 0 bridgehead atoms. The van der Waals surface area contributed by atoms with Crippen molar-refractivity contribution in [3.63, 3.8) is 0 Å². The number of allylic oxidation sites excluding steroid dienone is 1. The van der Waals surface area contributed by atoms with Crippen molar-refractivity contribution in [3.05, 3.63) is 12.2 Å². The lowest BCUT2D eigenvalue weighted by atomic mass is 10.3. The van der Waals surface area contributed by atoms with Gasteiger partial charge in [-0.05, 0) is 26.8 Å². The highest BCUT2D eigenvalue weighted by Crippen LogP contribution is 2.05. The summed E-state index contributed by atoms with van der Waals surface area (Å²) < 4.78 is 1.21. The van der Waals surface area contributed by atoms with Crippen LogP contribution in [0.4, 0.5) is 0 Å². The van der Waals surface area contributed by atoms with Crippen LogP contribution in [0.15, 0.2) is 12.2 Å². The van der Waals surface area contributed by atoms with Gasteiger partial charge < -0.3 is 4.48 Å². The van der Waals surface area contributed by atoms with E-state index in [2.05, 4.69) is 48.9 Å². The minimum atomic E-state index is 0.976. The Balaban J connectivity index is 4.01. The maximum atomic E-state index is 3.39. The van der Waals surface area contributed by atoms with E-state index in [0.717, 1.165) is 5.33 Å². The lowest BCUT2D eigenvalue weighted by molar-refractivity contribution is -0.917. The average Bonchev–Trinajstić information content (AvgIpc) is 2.14. The first-order valence-corrected chi connectivity index (χ1v) is 5.92. The van der Waals surface area contributed by atoms with Crippen LogP contribution in [0.25, 0.3) is 0 Å². The lowest BCUT2D eigenvalue weighted by Crippen LogP contribution is -2.47. The van der Waals surface area contributed by atoms with E-state index >= 15 is 0 Å². The van der Waals surface area contributed by atoms with Gasteiger partial charge in [0.05, 0.1) is 26.2 Å². The van der Waals surface area contributed by atoms with Gasteiger partial charge in [-0.2, -0.15) is 0 Å². The fraction of sp³-hybridized carbons (Fsp3) is 0.800. The lowest BCUT2D eigenvalue weighted by Gasteiger charge is -2.34. The van der Waals surface area contributed by atoms with Crippen LogP contribution in [0.5, 0.6) is 0 Å². The summed E-state index contributed by atoms with van der Waals surface area (Å²) in [6.07, 6.45) is 4.47. The Labute approximate surface area is 85.2 Å². The molecule has 0 aromatic carbocycles. The molecule has 0 rings (SSSR count). The number of quaternary nitrogens is 1. The predicted molar refractivity (Wildman–Crippen MR) is 59.7 cm³/mol. The highest BCUT2D eigenvalue weighted by atomic mass is 79.9. The molecule has 0 radical (unpaired) electrons. The smallest absolute Gasteiger partial charge is 0.0973 e. The Kier molecular flexibility index (Phi) is 6.77. The third-order valence-electron chi connectivity index (χ3n) is 2.76. The second kappa shape index (κ2) is 6.67. The Bertz CT molecular complexity index is 120. The number of likely N-dealkylation sites (N-methyl/N-ethyl adjacent to an activating group) is 1. The first-order valence-electron chi connectivity index (χ1n) is 4.80. The summed E-state index contributed by atoms with van der Waals surface area (Å²) in [6.45, 7) is 11.7. The van der Waals surface area contributed by atoms with E-state index in [0.29, 0.717) is 0 Å². The largest absolute Gasteiger partial charge is 0.321 e. The SMILES string of the molecule is CC[N+](CC)(CC)C/C=C/CBr.